The van der Waals surface area contributed by atoms with E-state index in [1.165, 1.54) is 0 Å². The van der Waals surface area contributed by atoms with Crippen LogP contribution in [-0.4, -0.2) is 16.9 Å². The van der Waals surface area contributed by atoms with Gasteiger partial charge in [-0.2, -0.15) is 13.2 Å². The Balaban J connectivity index is 0.00000289. The second-order valence-corrected chi connectivity index (χ2v) is 3.65. The number of aromatic nitrogens is 1. The molecule has 3 N–H and O–H groups in total. The van der Waals surface area contributed by atoms with Crippen molar-refractivity contribution in [2.24, 2.45) is 5.73 Å². The van der Waals surface area contributed by atoms with Gasteiger partial charge in [-0.3, -0.25) is 5.41 Å². The summed E-state index contributed by atoms with van der Waals surface area (Å²) in [6.07, 6.45) is -3.77. The summed E-state index contributed by atoms with van der Waals surface area (Å²) in [6, 6.07) is 0.795. The van der Waals surface area contributed by atoms with Crippen molar-refractivity contribution in [3.63, 3.8) is 0 Å². The molecule has 0 spiro atoms. The molecule has 0 atom stereocenters. The number of halogens is 4. The van der Waals surface area contributed by atoms with Crippen LogP contribution in [-0.2, 0) is 6.18 Å². The van der Waals surface area contributed by atoms with Gasteiger partial charge in [0, 0.05) is 0 Å². The smallest absolute Gasteiger partial charge is 0.418 e. The van der Waals surface area contributed by atoms with Crippen molar-refractivity contribution in [1.82, 2.24) is 4.98 Å². The van der Waals surface area contributed by atoms with E-state index in [1.54, 1.807) is 13.8 Å². The minimum Gasteiger partial charge on any atom is -0.489 e. The van der Waals surface area contributed by atoms with Crippen LogP contribution in [0.2, 0.25) is 0 Å². The predicted molar refractivity (Wildman–Crippen MR) is 63.3 cm³/mol. The largest absolute Gasteiger partial charge is 0.489 e. The molecule has 1 aromatic heterocycles. The van der Waals surface area contributed by atoms with E-state index in [1.807, 2.05) is 0 Å². The summed E-state index contributed by atoms with van der Waals surface area (Å²) in [5.41, 5.74) is 3.39. The fraction of sp³-hybridized carbons (Fsp3) is 0.400. The Morgan fingerprint density at radius 1 is 1.44 bits per heavy atom. The molecule has 0 aliphatic heterocycles. The van der Waals surface area contributed by atoms with Crippen LogP contribution in [0.1, 0.15) is 25.1 Å². The molecule has 18 heavy (non-hydrogen) atoms. The van der Waals surface area contributed by atoms with Gasteiger partial charge in [0.05, 0.1) is 17.9 Å². The maximum absolute atomic E-state index is 12.7. The van der Waals surface area contributed by atoms with E-state index in [4.69, 9.17) is 15.9 Å². The SMILES string of the molecule is CC(C)Oc1cnc(C(=N)N)c(C(F)(F)F)c1.Cl. The summed E-state index contributed by atoms with van der Waals surface area (Å²) >= 11 is 0. The maximum atomic E-state index is 12.7. The van der Waals surface area contributed by atoms with E-state index in [0.717, 1.165) is 12.3 Å². The van der Waals surface area contributed by atoms with Crippen molar-refractivity contribution >= 4 is 18.2 Å². The molecule has 0 aliphatic carbocycles. The van der Waals surface area contributed by atoms with Crippen LogP contribution in [0.5, 0.6) is 5.75 Å². The summed E-state index contributed by atoms with van der Waals surface area (Å²) < 4.78 is 43.1. The molecule has 0 saturated carbocycles. The highest BCUT2D eigenvalue weighted by molar-refractivity contribution is 5.94. The summed E-state index contributed by atoms with van der Waals surface area (Å²) in [4.78, 5) is 3.50. The molecule has 0 radical (unpaired) electrons. The van der Waals surface area contributed by atoms with Gasteiger partial charge in [0.2, 0.25) is 0 Å². The zero-order valence-corrected chi connectivity index (χ0v) is 10.5. The number of ether oxygens (including phenoxy) is 1. The highest BCUT2D eigenvalue weighted by Crippen LogP contribution is 2.33. The minimum absolute atomic E-state index is 0. The van der Waals surface area contributed by atoms with Crippen LogP contribution in [0, 0.1) is 5.41 Å². The van der Waals surface area contributed by atoms with E-state index in [2.05, 4.69) is 4.98 Å². The van der Waals surface area contributed by atoms with Gasteiger partial charge in [0.15, 0.2) is 0 Å². The van der Waals surface area contributed by atoms with Crippen LogP contribution in [0.25, 0.3) is 0 Å². The van der Waals surface area contributed by atoms with E-state index in [0.29, 0.717) is 0 Å². The summed E-state index contributed by atoms with van der Waals surface area (Å²) in [5, 5.41) is 7.04. The zero-order chi connectivity index (χ0) is 13.2. The second-order valence-electron chi connectivity index (χ2n) is 3.65. The van der Waals surface area contributed by atoms with Gasteiger partial charge in [0.1, 0.15) is 17.3 Å². The number of nitrogens with one attached hydrogen (secondary N) is 1. The molecule has 0 aliphatic rings. The highest BCUT2D eigenvalue weighted by Gasteiger charge is 2.35. The maximum Gasteiger partial charge on any atom is 0.418 e. The van der Waals surface area contributed by atoms with Crippen LogP contribution in [0.15, 0.2) is 12.3 Å². The molecule has 0 amide bonds. The summed E-state index contributed by atoms with van der Waals surface area (Å²) in [7, 11) is 0. The molecule has 1 rings (SSSR count). The molecule has 8 heteroatoms. The molecule has 102 valence electrons. The third kappa shape index (κ3) is 4.06. The fourth-order valence-electron chi connectivity index (χ4n) is 1.21. The summed E-state index contributed by atoms with van der Waals surface area (Å²) in [6.45, 7) is 3.37. The molecular formula is C10H13ClF3N3O. The van der Waals surface area contributed by atoms with E-state index in [-0.39, 0.29) is 24.3 Å². The first-order valence-electron chi connectivity index (χ1n) is 4.80. The number of amidine groups is 1. The van der Waals surface area contributed by atoms with Crippen LogP contribution in [0.3, 0.4) is 0 Å². The first-order valence-corrected chi connectivity index (χ1v) is 4.80. The molecule has 4 nitrogen and oxygen atoms in total. The van der Waals surface area contributed by atoms with Crippen molar-refractivity contribution < 1.29 is 17.9 Å². The molecule has 0 fully saturated rings. The number of alkyl halides is 3. The second kappa shape index (κ2) is 5.90. The number of hydrogen-bond acceptors (Lipinski definition) is 3. The number of pyridine rings is 1. The first kappa shape index (κ1) is 16.5. The molecule has 1 aromatic rings. The quantitative estimate of drug-likeness (QED) is 0.661. The Bertz CT molecular complexity index is 435. The minimum atomic E-state index is -4.62. The van der Waals surface area contributed by atoms with Crippen molar-refractivity contribution in [3.8, 4) is 5.75 Å². The molecule has 0 bridgehead atoms. The zero-order valence-electron chi connectivity index (χ0n) is 9.71. The molecule has 0 unspecified atom stereocenters. The highest BCUT2D eigenvalue weighted by atomic mass is 35.5. The molecule has 0 saturated heterocycles. The lowest BCUT2D eigenvalue weighted by molar-refractivity contribution is -0.138. The average Bonchev–Trinajstić information content (AvgIpc) is 2.14. The molecule has 1 heterocycles. The fourth-order valence-corrected chi connectivity index (χ4v) is 1.21. The Labute approximate surface area is 108 Å². The van der Waals surface area contributed by atoms with Crippen molar-refractivity contribution in [1.29, 1.82) is 5.41 Å². The number of nitrogen functional groups attached to an aromatic ring is 1. The summed E-state index contributed by atoms with van der Waals surface area (Å²) in [5.74, 6) is -0.731. The van der Waals surface area contributed by atoms with Crippen LogP contribution in [0.4, 0.5) is 13.2 Å². The van der Waals surface area contributed by atoms with Crippen molar-refractivity contribution in [2.75, 3.05) is 0 Å². The molecule has 0 aromatic carbocycles. The van der Waals surface area contributed by atoms with Gasteiger partial charge in [-0.15, -0.1) is 12.4 Å². The third-order valence-corrected chi connectivity index (χ3v) is 1.79. The third-order valence-electron chi connectivity index (χ3n) is 1.79. The Kier molecular flexibility index (Phi) is 5.41. The van der Waals surface area contributed by atoms with Gasteiger partial charge in [0.25, 0.3) is 0 Å². The van der Waals surface area contributed by atoms with Crippen LogP contribution < -0.4 is 10.5 Å². The van der Waals surface area contributed by atoms with Gasteiger partial charge in [-0.05, 0) is 19.9 Å². The topological polar surface area (TPSA) is 72.0 Å². The lowest BCUT2D eigenvalue weighted by Gasteiger charge is -2.14. The predicted octanol–water partition coefficient (Wildman–Crippen LogP) is 2.59. The standard InChI is InChI=1S/C10H12F3N3O.ClH/c1-5(2)17-6-3-7(10(11,12)13)8(9(14)15)16-4-6;/h3-5H,1-2H3,(H3,14,15);1H. The number of nitrogens with two attached hydrogens (primary N) is 1. The normalized spacial score (nSPS) is 11.0. The molecular weight excluding hydrogens is 271 g/mol. The van der Waals surface area contributed by atoms with Crippen LogP contribution >= 0.6 is 12.4 Å². The van der Waals surface area contributed by atoms with Crippen molar-refractivity contribution in [3.05, 3.63) is 23.5 Å². The first-order chi connectivity index (χ1) is 7.71. The Morgan fingerprint density at radius 3 is 2.39 bits per heavy atom. The monoisotopic (exact) mass is 283 g/mol. The lowest BCUT2D eigenvalue weighted by atomic mass is 10.1. The lowest BCUT2D eigenvalue weighted by Crippen LogP contribution is -2.21. The van der Waals surface area contributed by atoms with Gasteiger partial charge >= 0.3 is 6.18 Å². The van der Waals surface area contributed by atoms with Gasteiger partial charge < -0.3 is 10.5 Å². The number of nitrogens with zero attached hydrogens (tertiary/aromatic N) is 1. The number of rotatable bonds is 3. The van der Waals surface area contributed by atoms with Gasteiger partial charge in [-0.25, -0.2) is 4.98 Å². The van der Waals surface area contributed by atoms with E-state index < -0.39 is 23.3 Å². The van der Waals surface area contributed by atoms with Gasteiger partial charge in [-0.1, -0.05) is 0 Å². The van der Waals surface area contributed by atoms with Crippen molar-refractivity contribution in [2.45, 2.75) is 26.1 Å². The Hall–Kier alpha value is -1.50. The van der Waals surface area contributed by atoms with E-state index in [9.17, 15) is 13.2 Å². The average molecular weight is 284 g/mol. The van der Waals surface area contributed by atoms with E-state index >= 15 is 0 Å². The Morgan fingerprint density at radius 2 is 2.00 bits per heavy atom. The number of hydrogen-bond donors (Lipinski definition) is 2.